The molecule has 3 nitrogen and oxygen atoms in total. The van der Waals surface area contributed by atoms with Gasteiger partial charge in [0, 0.05) is 6.42 Å². The van der Waals surface area contributed by atoms with Crippen LogP contribution in [0.1, 0.15) is 12.0 Å². The van der Waals surface area contributed by atoms with E-state index in [9.17, 15) is 18.0 Å². The molecule has 0 heterocycles. The molecule has 0 saturated heterocycles. The van der Waals surface area contributed by atoms with Crippen LogP contribution in [-0.4, -0.2) is 17.4 Å². The van der Waals surface area contributed by atoms with Crippen molar-refractivity contribution < 1.29 is 27.8 Å². The Morgan fingerprint density at radius 3 is 2.59 bits per heavy atom. The second kappa shape index (κ2) is 5.27. The summed E-state index contributed by atoms with van der Waals surface area (Å²) in [6, 6.07) is 4.02. The molecule has 0 aromatic heterocycles. The first-order valence-electron chi connectivity index (χ1n) is 4.54. The Morgan fingerprint density at radius 2 is 2.06 bits per heavy atom. The highest BCUT2D eigenvalue weighted by molar-refractivity contribution is 6.32. The molecule has 17 heavy (non-hydrogen) atoms. The SMILES string of the molecule is O=C(O)CCc1cccc(Cl)c1OC(F)(F)F. The maximum Gasteiger partial charge on any atom is 0.573 e. The number of aryl methyl sites for hydroxylation is 1. The number of carboxylic acids is 1. The van der Waals surface area contributed by atoms with Crippen LogP contribution in [0.2, 0.25) is 5.02 Å². The van der Waals surface area contributed by atoms with E-state index in [4.69, 9.17) is 16.7 Å². The number of halogens is 4. The molecule has 0 unspecified atom stereocenters. The first kappa shape index (κ1) is 13.6. The lowest BCUT2D eigenvalue weighted by Gasteiger charge is -2.14. The monoisotopic (exact) mass is 268 g/mol. The lowest BCUT2D eigenvalue weighted by molar-refractivity contribution is -0.274. The summed E-state index contributed by atoms with van der Waals surface area (Å²) in [6.45, 7) is 0. The Balaban J connectivity index is 2.96. The number of ether oxygens (including phenoxy) is 1. The van der Waals surface area contributed by atoms with Crippen LogP contribution in [-0.2, 0) is 11.2 Å². The largest absolute Gasteiger partial charge is 0.573 e. The molecule has 0 aliphatic rings. The number of hydrogen-bond acceptors (Lipinski definition) is 2. The average Bonchev–Trinajstić information content (AvgIpc) is 2.17. The summed E-state index contributed by atoms with van der Waals surface area (Å²) in [7, 11) is 0. The van der Waals surface area contributed by atoms with Crippen molar-refractivity contribution in [1.82, 2.24) is 0 Å². The smallest absolute Gasteiger partial charge is 0.481 e. The third-order valence-electron chi connectivity index (χ3n) is 1.87. The van der Waals surface area contributed by atoms with Crippen LogP contribution in [0.5, 0.6) is 5.75 Å². The quantitative estimate of drug-likeness (QED) is 0.912. The van der Waals surface area contributed by atoms with Crippen molar-refractivity contribution in [3.8, 4) is 5.75 Å². The van der Waals surface area contributed by atoms with Gasteiger partial charge in [-0.1, -0.05) is 23.7 Å². The van der Waals surface area contributed by atoms with Crippen molar-refractivity contribution in [2.75, 3.05) is 0 Å². The van der Waals surface area contributed by atoms with E-state index in [1.54, 1.807) is 0 Å². The minimum Gasteiger partial charge on any atom is -0.481 e. The van der Waals surface area contributed by atoms with Gasteiger partial charge in [-0.05, 0) is 18.1 Å². The molecule has 0 fully saturated rings. The minimum absolute atomic E-state index is 0.0820. The van der Waals surface area contributed by atoms with Crippen LogP contribution in [0.25, 0.3) is 0 Å². The number of benzene rings is 1. The minimum atomic E-state index is -4.86. The fraction of sp³-hybridized carbons (Fsp3) is 0.300. The summed E-state index contributed by atoms with van der Waals surface area (Å²) in [5, 5.41) is 8.27. The van der Waals surface area contributed by atoms with Crippen molar-refractivity contribution in [1.29, 1.82) is 0 Å². The molecule has 0 atom stereocenters. The lowest BCUT2D eigenvalue weighted by Crippen LogP contribution is -2.18. The maximum absolute atomic E-state index is 12.1. The van der Waals surface area contributed by atoms with Crippen LogP contribution in [0.4, 0.5) is 13.2 Å². The van der Waals surface area contributed by atoms with Gasteiger partial charge < -0.3 is 9.84 Å². The molecule has 1 rings (SSSR count). The van der Waals surface area contributed by atoms with Crippen LogP contribution in [0, 0.1) is 0 Å². The Morgan fingerprint density at radius 1 is 1.41 bits per heavy atom. The van der Waals surface area contributed by atoms with Gasteiger partial charge in [-0.3, -0.25) is 4.79 Å². The number of carbonyl (C=O) groups is 1. The molecule has 1 N–H and O–H groups in total. The zero-order valence-corrected chi connectivity index (χ0v) is 9.18. The average molecular weight is 269 g/mol. The predicted molar refractivity (Wildman–Crippen MR) is 54.1 cm³/mol. The van der Waals surface area contributed by atoms with E-state index in [0.717, 1.165) is 0 Å². The van der Waals surface area contributed by atoms with E-state index >= 15 is 0 Å². The van der Waals surface area contributed by atoms with Crippen molar-refractivity contribution in [3.05, 3.63) is 28.8 Å². The van der Waals surface area contributed by atoms with Crippen molar-refractivity contribution >= 4 is 17.6 Å². The molecular formula is C10H8ClF3O3. The van der Waals surface area contributed by atoms with Crippen LogP contribution < -0.4 is 4.74 Å². The summed E-state index contributed by atoms with van der Waals surface area (Å²) in [5.74, 6) is -1.65. The summed E-state index contributed by atoms with van der Waals surface area (Å²) in [6.07, 6.45) is -5.24. The summed E-state index contributed by atoms with van der Waals surface area (Å²) < 4.78 is 40.1. The first-order valence-corrected chi connectivity index (χ1v) is 4.92. The Hall–Kier alpha value is -1.43. The van der Waals surface area contributed by atoms with Gasteiger partial charge in [-0.25, -0.2) is 0 Å². The normalized spacial score (nSPS) is 11.3. The lowest BCUT2D eigenvalue weighted by atomic mass is 10.1. The Labute approximate surface area is 99.8 Å². The predicted octanol–water partition coefficient (Wildman–Crippen LogP) is 3.26. The second-order valence-corrected chi connectivity index (χ2v) is 3.58. The van der Waals surface area contributed by atoms with Crippen LogP contribution >= 0.6 is 11.6 Å². The fourth-order valence-electron chi connectivity index (χ4n) is 1.22. The molecule has 0 radical (unpaired) electrons. The maximum atomic E-state index is 12.1. The van der Waals surface area contributed by atoms with Gasteiger partial charge in [0.1, 0.15) is 0 Å². The van der Waals surface area contributed by atoms with E-state index in [-0.39, 0.29) is 23.4 Å². The molecule has 0 spiro atoms. The highest BCUT2D eigenvalue weighted by Crippen LogP contribution is 2.34. The van der Waals surface area contributed by atoms with Crippen molar-refractivity contribution in [2.24, 2.45) is 0 Å². The summed E-state index contributed by atoms with van der Waals surface area (Å²) >= 11 is 5.58. The van der Waals surface area contributed by atoms with Crippen molar-refractivity contribution in [2.45, 2.75) is 19.2 Å². The number of alkyl halides is 3. The number of aliphatic carboxylic acids is 1. The number of hydrogen-bond donors (Lipinski definition) is 1. The molecule has 0 aliphatic carbocycles. The molecule has 0 amide bonds. The third-order valence-corrected chi connectivity index (χ3v) is 2.17. The molecule has 94 valence electrons. The van der Waals surface area contributed by atoms with Crippen molar-refractivity contribution in [3.63, 3.8) is 0 Å². The Bertz CT molecular complexity index is 418. The van der Waals surface area contributed by atoms with Gasteiger partial charge in [0.2, 0.25) is 0 Å². The van der Waals surface area contributed by atoms with E-state index in [0.29, 0.717) is 0 Å². The summed E-state index contributed by atoms with van der Waals surface area (Å²) in [5.41, 5.74) is 0.109. The van der Waals surface area contributed by atoms with Crippen LogP contribution in [0.3, 0.4) is 0 Å². The molecule has 1 aromatic carbocycles. The van der Waals surface area contributed by atoms with E-state index in [2.05, 4.69) is 4.74 Å². The Kier molecular flexibility index (Phi) is 4.22. The molecule has 0 saturated carbocycles. The molecule has 1 aromatic rings. The zero-order valence-electron chi connectivity index (χ0n) is 8.42. The highest BCUT2D eigenvalue weighted by atomic mass is 35.5. The molecule has 0 bridgehead atoms. The van der Waals surface area contributed by atoms with Crippen LogP contribution in [0.15, 0.2) is 18.2 Å². The fourth-order valence-corrected chi connectivity index (χ4v) is 1.45. The van der Waals surface area contributed by atoms with Gasteiger partial charge in [0.25, 0.3) is 0 Å². The van der Waals surface area contributed by atoms with Gasteiger partial charge in [0.15, 0.2) is 5.75 Å². The van der Waals surface area contributed by atoms with E-state index < -0.39 is 18.1 Å². The molecular weight excluding hydrogens is 261 g/mol. The van der Waals surface area contributed by atoms with E-state index in [1.165, 1.54) is 18.2 Å². The topological polar surface area (TPSA) is 46.5 Å². The van der Waals surface area contributed by atoms with E-state index in [1.807, 2.05) is 0 Å². The first-order chi connectivity index (χ1) is 7.79. The number of carboxylic acid groups (broad SMARTS) is 1. The third kappa shape index (κ3) is 4.52. The van der Waals surface area contributed by atoms with Gasteiger partial charge >= 0.3 is 12.3 Å². The second-order valence-electron chi connectivity index (χ2n) is 3.17. The van der Waals surface area contributed by atoms with Gasteiger partial charge in [-0.15, -0.1) is 13.2 Å². The molecule has 7 heteroatoms. The van der Waals surface area contributed by atoms with Gasteiger partial charge in [-0.2, -0.15) is 0 Å². The van der Waals surface area contributed by atoms with Gasteiger partial charge in [0.05, 0.1) is 5.02 Å². The molecule has 0 aliphatic heterocycles. The standard InChI is InChI=1S/C10H8ClF3O3/c11-7-3-1-2-6(4-5-8(15)16)9(7)17-10(12,13)14/h1-3H,4-5H2,(H,15,16). The number of para-hydroxylation sites is 1. The number of rotatable bonds is 4. The zero-order chi connectivity index (χ0) is 13.1. The summed E-state index contributed by atoms with van der Waals surface area (Å²) in [4.78, 5) is 10.4. The highest BCUT2D eigenvalue weighted by Gasteiger charge is 2.33.